The van der Waals surface area contributed by atoms with Crippen LogP contribution in [-0.4, -0.2) is 66.3 Å². The van der Waals surface area contributed by atoms with Crippen molar-refractivity contribution in [1.29, 1.82) is 0 Å². The van der Waals surface area contributed by atoms with Gasteiger partial charge in [0, 0.05) is 0 Å². The minimum Gasteiger partial charge on any atom is -0.870 e. The number of benzene rings is 1. The molecule has 8 nitrogen and oxygen atoms in total. The Labute approximate surface area is 199 Å². The van der Waals surface area contributed by atoms with Crippen LogP contribution in [0.1, 0.15) is 75.8 Å². The molecule has 0 aliphatic rings. The number of nitrogens with zero attached hydrogens (tertiary/aromatic N) is 1. The molecule has 192 valence electrons. The Balaban J connectivity index is 0.0000102. The van der Waals surface area contributed by atoms with Crippen LogP contribution in [0.4, 0.5) is 0 Å². The van der Waals surface area contributed by atoms with Crippen LogP contribution in [0, 0.1) is 0 Å². The first-order valence-electron chi connectivity index (χ1n) is 11.7. The quantitative estimate of drug-likeness (QED) is 0.175. The number of hydrogen-bond acceptors (Lipinski definition) is 5. The monoisotopic (exact) mass is 489 g/mol. The van der Waals surface area contributed by atoms with E-state index in [0.717, 1.165) is 25.7 Å². The van der Waals surface area contributed by atoms with E-state index < -0.39 is 19.9 Å². The maximum Gasteiger partial charge on any atom is 0.472 e. The maximum absolute atomic E-state index is 12.3. The Kier molecular flexibility index (Phi) is 15.0. The number of hydrogen-bond donors (Lipinski definition) is 2. The second kappa shape index (κ2) is 15.6. The van der Waals surface area contributed by atoms with E-state index in [1.54, 1.807) is 0 Å². The first-order valence-corrected chi connectivity index (χ1v) is 13.2. The van der Waals surface area contributed by atoms with Crippen LogP contribution in [-0.2, 0) is 24.8 Å². The summed E-state index contributed by atoms with van der Waals surface area (Å²) in [6, 6.07) is 8.64. The van der Waals surface area contributed by atoms with Crippen LogP contribution < -0.4 is 0 Å². The van der Waals surface area contributed by atoms with Crippen molar-refractivity contribution in [2.45, 2.75) is 77.2 Å². The summed E-state index contributed by atoms with van der Waals surface area (Å²) in [5.74, 6) is -0.476. The lowest BCUT2D eigenvalue weighted by atomic mass is 9.87. The predicted molar refractivity (Wildman–Crippen MR) is 130 cm³/mol. The van der Waals surface area contributed by atoms with Gasteiger partial charge in [-0.15, -0.1) is 0 Å². The van der Waals surface area contributed by atoms with Crippen LogP contribution >= 0.6 is 7.82 Å². The van der Waals surface area contributed by atoms with E-state index in [1.165, 1.54) is 24.0 Å². The molecule has 3 atom stereocenters. The van der Waals surface area contributed by atoms with E-state index in [9.17, 15) is 14.3 Å². The van der Waals surface area contributed by atoms with Gasteiger partial charge in [0.1, 0.15) is 12.6 Å². The van der Waals surface area contributed by atoms with Crippen molar-refractivity contribution in [3.63, 3.8) is 0 Å². The summed E-state index contributed by atoms with van der Waals surface area (Å²) in [4.78, 5) is 21.1. The molecule has 33 heavy (non-hydrogen) atoms. The molecule has 0 saturated carbocycles. The first kappa shape index (κ1) is 31.7. The first-order chi connectivity index (χ1) is 15.0. The van der Waals surface area contributed by atoms with Crippen molar-refractivity contribution in [3.05, 3.63) is 35.4 Å². The highest BCUT2D eigenvalue weighted by Crippen LogP contribution is 2.45. The molecule has 9 heteroatoms. The normalized spacial score (nSPS) is 15.3. The number of unbranched alkanes of at least 4 members (excludes halogenated alkanes) is 2. The molecule has 0 saturated heterocycles. The van der Waals surface area contributed by atoms with E-state index in [1.807, 2.05) is 21.1 Å². The van der Waals surface area contributed by atoms with Gasteiger partial charge in [0.2, 0.25) is 0 Å². The number of carbonyl (C=O) groups is 1. The smallest absolute Gasteiger partial charge is 0.472 e. The molecule has 0 fully saturated rings. The van der Waals surface area contributed by atoms with E-state index >= 15 is 0 Å². The van der Waals surface area contributed by atoms with Gasteiger partial charge in [-0.3, -0.25) is 13.8 Å². The van der Waals surface area contributed by atoms with Crippen molar-refractivity contribution in [2.24, 2.45) is 0 Å². The Morgan fingerprint density at radius 1 is 1.12 bits per heavy atom. The zero-order chi connectivity index (χ0) is 24.2. The Hall–Kier alpha value is -1.28. The van der Waals surface area contributed by atoms with Gasteiger partial charge in [0.05, 0.1) is 34.2 Å². The topological polar surface area (TPSA) is 123 Å². The molecule has 1 rings (SSSR count). The van der Waals surface area contributed by atoms with Crippen molar-refractivity contribution >= 4 is 13.8 Å². The van der Waals surface area contributed by atoms with Crippen molar-refractivity contribution in [2.75, 3.05) is 34.3 Å². The molecule has 0 aliphatic carbocycles. The summed E-state index contributed by atoms with van der Waals surface area (Å²) in [5, 5.41) is 9.04. The number of aryl methyl sites for hydroxylation is 1. The number of likely N-dealkylation sites (N-methyl/N-ethyl adjacent to an activating group) is 1. The lowest BCUT2D eigenvalue weighted by Crippen LogP contribution is -2.42. The van der Waals surface area contributed by atoms with Gasteiger partial charge >= 0.3 is 13.8 Å². The van der Waals surface area contributed by atoms with Gasteiger partial charge in [-0.2, -0.15) is 0 Å². The number of phosphoric acid groups is 1. The average molecular weight is 490 g/mol. The fourth-order valence-electron chi connectivity index (χ4n) is 4.02. The molecule has 2 unspecified atom stereocenters. The average Bonchev–Trinajstić information content (AvgIpc) is 2.67. The van der Waals surface area contributed by atoms with E-state index in [-0.39, 0.29) is 25.0 Å². The fourth-order valence-corrected chi connectivity index (χ4v) is 4.96. The van der Waals surface area contributed by atoms with Crippen LogP contribution in [0.2, 0.25) is 0 Å². The minimum atomic E-state index is -4.30. The molecule has 0 bridgehead atoms. The molecule has 0 radical (unpaired) electrons. The van der Waals surface area contributed by atoms with Crippen molar-refractivity contribution in [1.82, 2.24) is 0 Å². The standard InChI is InChI=1S/C24H42NO6P.H2O/c1-6-13-20(7-2)23-16-11-10-15-21(23)14-9-8-12-17-30-32(28,29)31-22(18-24(26)27)19-25(3,4)5;/h10-11,15-16,20,22H,6-9,12-14,17-19H2,1-5H3,(H-,26,27,28,29);1H2/t20?,22-;/m1./s1. The lowest BCUT2D eigenvalue weighted by Gasteiger charge is -2.29. The Bertz CT molecular complexity index is 736. The molecular formula is C24H44NO7P. The summed E-state index contributed by atoms with van der Waals surface area (Å²) < 4.78 is 23.0. The Morgan fingerprint density at radius 3 is 2.36 bits per heavy atom. The second-order valence-electron chi connectivity index (χ2n) is 9.50. The van der Waals surface area contributed by atoms with E-state index in [0.29, 0.717) is 16.8 Å². The third-order valence-corrected chi connectivity index (χ3v) is 6.48. The minimum absolute atomic E-state index is 0. The summed E-state index contributed by atoms with van der Waals surface area (Å²) in [7, 11) is 1.29. The van der Waals surface area contributed by atoms with Crippen molar-refractivity contribution < 1.29 is 38.4 Å². The third-order valence-electron chi connectivity index (χ3n) is 5.41. The van der Waals surface area contributed by atoms with Gasteiger partial charge in [-0.25, -0.2) is 4.57 Å². The van der Waals surface area contributed by atoms with Crippen LogP contribution in [0.3, 0.4) is 0 Å². The number of phosphoric ester groups is 1. The zero-order valence-electron chi connectivity index (χ0n) is 20.9. The number of aliphatic carboxylic acids is 1. The van der Waals surface area contributed by atoms with Gasteiger partial charge in [-0.05, 0) is 49.1 Å². The summed E-state index contributed by atoms with van der Waals surface area (Å²) in [5.41, 5.74) is 2.84. The SMILES string of the molecule is CCCC(CC)c1ccccc1CCCCCOP(=O)(O)O[C@H](CC(=O)O)C[N+](C)(C)C.[OH-]. The van der Waals surface area contributed by atoms with Crippen LogP contribution in [0.25, 0.3) is 0 Å². The highest BCUT2D eigenvalue weighted by molar-refractivity contribution is 7.47. The highest BCUT2D eigenvalue weighted by atomic mass is 31.2. The Morgan fingerprint density at radius 2 is 1.79 bits per heavy atom. The zero-order valence-corrected chi connectivity index (χ0v) is 21.8. The van der Waals surface area contributed by atoms with Gasteiger partial charge in [0.15, 0.2) is 0 Å². The number of rotatable bonds is 17. The molecule has 0 heterocycles. The van der Waals surface area contributed by atoms with Crippen LogP contribution in [0.15, 0.2) is 24.3 Å². The van der Waals surface area contributed by atoms with Gasteiger partial charge in [-0.1, -0.05) is 51.0 Å². The maximum atomic E-state index is 12.3. The largest absolute Gasteiger partial charge is 0.870 e. The van der Waals surface area contributed by atoms with Gasteiger partial charge in [0.25, 0.3) is 0 Å². The molecular weight excluding hydrogens is 445 g/mol. The molecule has 0 spiro atoms. The second-order valence-corrected chi connectivity index (χ2v) is 10.9. The molecule has 0 aliphatic heterocycles. The fraction of sp³-hybridized carbons (Fsp3) is 0.708. The predicted octanol–water partition coefficient (Wildman–Crippen LogP) is 5.20. The van der Waals surface area contributed by atoms with Gasteiger partial charge < -0.3 is 20.0 Å². The summed E-state index contributed by atoms with van der Waals surface area (Å²) in [6.07, 6.45) is 5.74. The van der Waals surface area contributed by atoms with Crippen molar-refractivity contribution in [3.8, 4) is 0 Å². The highest BCUT2D eigenvalue weighted by Gasteiger charge is 2.31. The molecule has 1 aromatic carbocycles. The molecule has 3 N–H and O–H groups in total. The van der Waals surface area contributed by atoms with Crippen LogP contribution in [0.5, 0.6) is 0 Å². The number of carboxylic acids is 1. The summed E-state index contributed by atoms with van der Waals surface area (Å²) in [6.45, 7) is 4.86. The third kappa shape index (κ3) is 13.9. The molecule has 0 aromatic heterocycles. The summed E-state index contributed by atoms with van der Waals surface area (Å²) >= 11 is 0. The number of carboxylic acid groups (broad SMARTS) is 1. The molecule has 1 aromatic rings. The molecule has 0 amide bonds. The number of quaternary nitrogens is 1. The lowest BCUT2D eigenvalue weighted by molar-refractivity contribution is -0.873. The van der Waals surface area contributed by atoms with E-state index in [2.05, 4.69) is 38.1 Å². The van der Waals surface area contributed by atoms with E-state index in [4.69, 9.17) is 14.2 Å².